The Kier molecular flexibility index (Phi) is 8.70. The summed E-state index contributed by atoms with van der Waals surface area (Å²) in [5.74, 6) is 0. The van der Waals surface area contributed by atoms with Crippen LogP contribution in [-0.4, -0.2) is 16.1 Å². The van der Waals surface area contributed by atoms with Crippen LogP contribution in [0.4, 0.5) is 0 Å². The van der Waals surface area contributed by atoms with Crippen molar-refractivity contribution in [2.75, 3.05) is 6.54 Å². The standard InChI is InChI=1S/C31H32N4O.CH4/c1-23-16-17-28-30(34-36-22-26-13-8-9-19-33-26)27-14-6-7-15-29(27)35(31(28)24(23)2)20-10-18-32-21-25-11-4-3-5-12-25;/h3-9,11-17,19,32H,10,18,20-22H2,1-2H3;1H4/b34-30+;. The van der Waals surface area contributed by atoms with Crippen molar-refractivity contribution in [3.05, 3.63) is 119 Å². The Morgan fingerprint density at radius 2 is 1.65 bits per heavy atom. The number of para-hydroxylation sites is 1. The molecule has 0 saturated carbocycles. The van der Waals surface area contributed by atoms with E-state index in [0.29, 0.717) is 6.61 Å². The maximum Gasteiger partial charge on any atom is 0.159 e. The van der Waals surface area contributed by atoms with E-state index in [1.165, 1.54) is 27.7 Å². The monoisotopic (exact) mass is 492 g/mol. The molecular formula is C32H36N4O. The van der Waals surface area contributed by atoms with Gasteiger partial charge in [0.15, 0.2) is 6.61 Å². The van der Waals surface area contributed by atoms with Crippen molar-refractivity contribution in [3.63, 3.8) is 0 Å². The highest BCUT2D eigenvalue weighted by Crippen LogP contribution is 2.25. The van der Waals surface area contributed by atoms with E-state index in [2.05, 4.69) is 101 Å². The lowest BCUT2D eigenvalue weighted by Gasteiger charge is -2.19. The van der Waals surface area contributed by atoms with Crippen LogP contribution in [0.15, 0.2) is 96.3 Å². The molecule has 0 spiro atoms. The number of nitrogens with one attached hydrogen (secondary N) is 1. The lowest BCUT2D eigenvalue weighted by Crippen LogP contribution is -2.19. The molecule has 0 saturated heterocycles. The maximum atomic E-state index is 5.83. The van der Waals surface area contributed by atoms with Crippen LogP contribution in [0.3, 0.4) is 0 Å². The molecule has 0 atom stereocenters. The van der Waals surface area contributed by atoms with Gasteiger partial charge in [-0.05, 0) is 61.7 Å². The zero-order valence-electron chi connectivity index (χ0n) is 20.9. The first-order valence-electron chi connectivity index (χ1n) is 12.5. The van der Waals surface area contributed by atoms with Gasteiger partial charge in [-0.15, -0.1) is 0 Å². The SMILES string of the molecule is C.Cc1ccc2/c(=N/OCc3ccccn3)c3ccccc3n(CCCNCc3ccccc3)c2c1C. The van der Waals surface area contributed by atoms with Crippen molar-refractivity contribution in [1.29, 1.82) is 0 Å². The smallest absolute Gasteiger partial charge is 0.159 e. The first kappa shape index (κ1) is 26.1. The predicted octanol–water partition coefficient (Wildman–Crippen LogP) is 6.65. The van der Waals surface area contributed by atoms with Crippen LogP contribution in [0.5, 0.6) is 0 Å². The summed E-state index contributed by atoms with van der Waals surface area (Å²) >= 11 is 0. The molecule has 0 bridgehead atoms. The minimum atomic E-state index is 0. The summed E-state index contributed by atoms with van der Waals surface area (Å²) in [6.07, 6.45) is 2.80. The molecule has 0 radical (unpaired) electrons. The molecule has 2 heterocycles. The lowest BCUT2D eigenvalue weighted by molar-refractivity contribution is 0.118. The molecule has 190 valence electrons. The largest absolute Gasteiger partial charge is 0.389 e. The molecular weight excluding hydrogens is 456 g/mol. The molecule has 2 aromatic heterocycles. The number of nitrogens with zero attached hydrogens (tertiary/aromatic N) is 3. The van der Waals surface area contributed by atoms with Crippen LogP contribution in [0.25, 0.3) is 21.8 Å². The van der Waals surface area contributed by atoms with Crippen LogP contribution < -0.4 is 10.7 Å². The molecule has 0 fully saturated rings. The topological polar surface area (TPSA) is 51.4 Å². The summed E-state index contributed by atoms with van der Waals surface area (Å²) in [4.78, 5) is 10.2. The first-order chi connectivity index (χ1) is 17.7. The molecule has 0 aliphatic carbocycles. The number of aromatic nitrogens is 2. The summed E-state index contributed by atoms with van der Waals surface area (Å²) in [6.45, 7) is 7.46. The minimum Gasteiger partial charge on any atom is -0.389 e. The van der Waals surface area contributed by atoms with Gasteiger partial charge in [0, 0.05) is 30.1 Å². The molecule has 5 heteroatoms. The van der Waals surface area contributed by atoms with Crippen molar-refractivity contribution < 1.29 is 4.84 Å². The molecule has 0 amide bonds. The summed E-state index contributed by atoms with van der Waals surface area (Å²) in [6, 6.07) is 29.2. The van der Waals surface area contributed by atoms with Crippen LogP contribution >= 0.6 is 0 Å². The zero-order chi connectivity index (χ0) is 24.7. The van der Waals surface area contributed by atoms with Crippen LogP contribution in [0.2, 0.25) is 0 Å². The third kappa shape index (κ3) is 5.89. The predicted molar refractivity (Wildman–Crippen MR) is 153 cm³/mol. The Morgan fingerprint density at radius 1 is 0.865 bits per heavy atom. The number of pyridine rings is 2. The minimum absolute atomic E-state index is 0. The van der Waals surface area contributed by atoms with Gasteiger partial charge in [-0.2, -0.15) is 0 Å². The van der Waals surface area contributed by atoms with E-state index in [0.717, 1.165) is 47.9 Å². The number of hydrogen-bond donors (Lipinski definition) is 1. The van der Waals surface area contributed by atoms with E-state index >= 15 is 0 Å². The number of aryl methyl sites for hydroxylation is 3. The zero-order valence-corrected chi connectivity index (χ0v) is 20.9. The number of rotatable bonds is 9. The quantitative estimate of drug-likeness (QED) is 0.142. The van der Waals surface area contributed by atoms with Crippen molar-refractivity contribution in [1.82, 2.24) is 14.9 Å². The van der Waals surface area contributed by atoms with Gasteiger partial charge in [0.05, 0.1) is 16.7 Å². The molecule has 5 nitrogen and oxygen atoms in total. The van der Waals surface area contributed by atoms with Gasteiger partial charge < -0.3 is 14.7 Å². The maximum absolute atomic E-state index is 5.83. The second-order valence-electron chi connectivity index (χ2n) is 9.12. The Bertz CT molecular complexity index is 1530. The van der Waals surface area contributed by atoms with Gasteiger partial charge in [0.2, 0.25) is 0 Å². The fourth-order valence-electron chi connectivity index (χ4n) is 4.68. The molecule has 0 unspecified atom stereocenters. The molecule has 1 N–H and O–H groups in total. The average molecular weight is 493 g/mol. The van der Waals surface area contributed by atoms with Gasteiger partial charge in [-0.25, -0.2) is 0 Å². The second kappa shape index (κ2) is 12.3. The van der Waals surface area contributed by atoms with Gasteiger partial charge in [-0.1, -0.05) is 79.3 Å². The molecule has 3 aromatic carbocycles. The van der Waals surface area contributed by atoms with Crippen molar-refractivity contribution >= 4 is 21.8 Å². The Balaban J connectivity index is 0.00000320. The van der Waals surface area contributed by atoms with E-state index < -0.39 is 0 Å². The fraction of sp³-hybridized carbons (Fsp3) is 0.250. The second-order valence-corrected chi connectivity index (χ2v) is 9.12. The number of fused-ring (bicyclic) bond motifs is 2. The first-order valence-corrected chi connectivity index (χ1v) is 12.5. The molecule has 0 aliphatic heterocycles. The summed E-state index contributed by atoms with van der Waals surface area (Å²) in [7, 11) is 0. The third-order valence-electron chi connectivity index (χ3n) is 6.68. The van der Waals surface area contributed by atoms with Crippen molar-refractivity contribution in [2.24, 2.45) is 5.16 Å². The van der Waals surface area contributed by atoms with E-state index in [4.69, 9.17) is 4.84 Å². The molecule has 5 rings (SSSR count). The van der Waals surface area contributed by atoms with E-state index in [-0.39, 0.29) is 7.43 Å². The summed E-state index contributed by atoms with van der Waals surface area (Å²) in [5, 5.41) is 11.3. The Labute approximate surface area is 219 Å². The highest BCUT2D eigenvalue weighted by atomic mass is 16.6. The average Bonchev–Trinajstić information content (AvgIpc) is 2.92. The highest BCUT2D eigenvalue weighted by Gasteiger charge is 2.13. The normalized spacial score (nSPS) is 11.6. The molecule has 37 heavy (non-hydrogen) atoms. The van der Waals surface area contributed by atoms with Crippen LogP contribution in [-0.2, 0) is 24.5 Å². The summed E-state index contributed by atoms with van der Waals surface area (Å²) < 4.78 is 2.45. The van der Waals surface area contributed by atoms with E-state index in [1.807, 2.05) is 18.2 Å². The Morgan fingerprint density at radius 3 is 2.46 bits per heavy atom. The number of hydrogen-bond acceptors (Lipinski definition) is 4. The molecule has 5 aromatic rings. The van der Waals surface area contributed by atoms with Gasteiger partial charge in [0.1, 0.15) is 5.36 Å². The fourth-order valence-corrected chi connectivity index (χ4v) is 4.68. The van der Waals surface area contributed by atoms with E-state index in [9.17, 15) is 0 Å². The lowest BCUT2D eigenvalue weighted by atomic mass is 10.0. The van der Waals surface area contributed by atoms with Gasteiger partial charge in [-0.3, -0.25) is 4.98 Å². The van der Waals surface area contributed by atoms with Crippen molar-refractivity contribution in [2.45, 2.75) is 47.4 Å². The van der Waals surface area contributed by atoms with Crippen molar-refractivity contribution in [3.8, 4) is 0 Å². The third-order valence-corrected chi connectivity index (χ3v) is 6.68. The number of benzene rings is 3. The van der Waals surface area contributed by atoms with Crippen LogP contribution in [0, 0.1) is 13.8 Å². The van der Waals surface area contributed by atoms with Gasteiger partial charge >= 0.3 is 0 Å². The highest BCUT2D eigenvalue weighted by molar-refractivity contribution is 5.95. The summed E-state index contributed by atoms with van der Waals surface area (Å²) in [5.41, 5.74) is 7.10. The van der Waals surface area contributed by atoms with Crippen LogP contribution in [0.1, 0.15) is 36.2 Å². The van der Waals surface area contributed by atoms with E-state index in [1.54, 1.807) is 6.20 Å². The van der Waals surface area contributed by atoms with Gasteiger partial charge in [0.25, 0.3) is 0 Å². The molecule has 0 aliphatic rings. The Hall–Kier alpha value is -3.96.